The number of nitrogens with one attached hydrogen (secondary N) is 2. The molecule has 2 heterocycles. The van der Waals surface area contributed by atoms with E-state index in [9.17, 15) is 9.59 Å². The SMILES string of the molecule is CCNC(=O)C1CNCCN1C(=O)c1cc(Br)cn1CC. The van der Waals surface area contributed by atoms with Crippen LogP contribution in [-0.4, -0.2) is 53.5 Å². The van der Waals surface area contributed by atoms with Crippen LogP contribution in [0, 0.1) is 0 Å². The summed E-state index contributed by atoms with van der Waals surface area (Å²) in [5.41, 5.74) is 0.612. The van der Waals surface area contributed by atoms with Gasteiger partial charge in [0.2, 0.25) is 5.91 Å². The van der Waals surface area contributed by atoms with Gasteiger partial charge in [0, 0.05) is 43.4 Å². The standard InChI is InChI=1S/C14H21BrN4O2/c1-3-17-13(20)12-8-16-5-6-19(12)14(21)11-7-10(15)9-18(11)4-2/h7,9,12,16H,3-6,8H2,1-2H3,(H,17,20). The normalized spacial score (nSPS) is 18.6. The first kappa shape index (κ1) is 16.0. The summed E-state index contributed by atoms with van der Waals surface area (Å²) < 4.78 is 2.76. The van der Waals surface area contributed by atoms with Gasteiger partial charge in [0.15, 0.2) is 0 Å². The molecule has 0 aliphatic carbocycles. The Kier molecular flexibility index (Phi) is 5.41. The van der Waals surface area contributed by atoms with E-state index in [2.05, 4.69) is 26.6 Å². The molecule has 0 saturated carbocycles. The Labute approximate surface area is 133 Å². The zero-order valence-corrected chi connectivity index (χ0v) is 13.9. The van der Waals surface area contributed by atoms with Gasteiger partial charge in [0.1, 0.15) is 11.7 Å². The van der Waals surface area contributed by atoms with Crippen molar-refractivity contribution >= 4 is 27.7 Å². The highest BCUT2D eigenvalue weighted by atomic mass is 79.9. The lowest BCUT2D eigenvalue weighted by atomic mass is 10.1. The monoisotopic (exact) mass is 356 g/mol. The summed E-state index contributed by atoms with van der Waals surface area (Å²) in [6, 6.07) is 1.35. The summed E-state index contributed by atoms with van der Waals surface area (Å²) >= 11 is 3.40. The van der Waals surface area contributed by atoms with Gasteiger partial charge in [0.25, 0.3) is 5.91 Å². The number of carbonyl (C=O) groups is 2. The van der Waals surface area contributed by atoms with E-state index in [0.29, 0.717) is 38.4 Å². The lowest BCUT2D eigenvalue weighted by molar-refractivity contribution is -0.126. The largest absolute Gasteiger partial charge is 0.355 e. The van der Waals surface area contributed by atoms with E-state index in [1.807, 2.05) is 30.7 Å². The number of hydrogen-bond donors (Lipinski definition) is 2. The van der Waals surface area contributed by atoms with Gasteiger partial charge in [-0.3, -0.25) is 9.59 Å². The predicted octanol–water partition coefficient (Wildman–Crippen LogP) is 0.821. The average Bonchev–Trinajstić information content (AvgIpc) is 2.88. The van der Waals surface area contributed by atoms with E-state index < -0.39 is 6.04 Å². The minimum absolute atomic E-state index is 0.0969. The molecule has 1 atom stereocenters. The first-order valence-corrected chi connectivity index (χ1v) is 8.02. The third-order valence-electron chi connectivity index (χ3n) is 3.58. The molecule has 1 saturated heterocycles. The zero-order chi connectivity index (χ0) is 15.4. The van der Waals surface area contributed by atoms with Crippen molar-refractivity contribution in [2.45, 2.75) is 26.4 Å². The number of rotatable bonds is 4. The van der Waals surface area contributed by atoms with Crippen LogP contribution in [0.25, 0.3) is 0 Å². The highest BCUT2D eigenvalue weighted by Gasteiger charge is 2.33. The highest BCUT2D eigenvalue weighted by Crippen LogP contribution is 2.18. The Morgan fingerprint density at radius 3 is 2.90 bits per heavy atom. The van der Waals surface area contributed by atoms with Gasteiger partial charge in [-0.1, -0.05) is 0 Å². The first-order valence-electron chi connectivity index (χ1n) is 7.23. The van der Waals surface area contributed by atoms with Crippen LogP contribution in [0.5, 0.6) is 0 Å². The fourth-order valence-electron chi connectivity index (χ4n) is 2.54. The van der Waals surface area contributed by atoms with E-state index in [-0.39, 0.29) is 11.8 Å². The van der Waals surface area contributed by atoms with Crippen molar-refractivity contribution in [2.24, 2.45) is 0 Å². The van der Waals surface area contributed by atoms with Gasteiger partial charge in [-0.05, 0) is 35.8 Å². The lowest BCUT2D eigenvalue weighted by Gasteiger charge is -2.35. The lowest BCUT2D eigenvalue weighted by Crippen LogP contribution is -2.59. The Hall–Kier alpha value is -1.34. The fraction of sp³-hybridized carbons (Fsp3) is 0.571. The number of likely N-dealkylation sites (N-methyl/N-ethyl adjacent to an activating group) is 1. The number of aromatic nitrogens is 1. The molecular weight excluding hydrogens is 336 g/mol. The van der Waals surface area contributed by atoms with Crippen molar-refractivity contribution in [2.75, 3.05) is 26.2 Å². The van der Waals surface area contributed by atoms with Crippen LogP contribution in [0.4, 0.5) is 0 Å². The number of carbonyl (C=O) groups excluding carboxylic acids is 2. The zero-order valence-electron chi connectivity index (χ0n) is 12.4. The Morgan fingerprint density at radius 2 is 2.24 bits per heavy atom. The molecule has 2 rings (SSSR count). The summed E-state index contributed by atoms with van der Waals surface area (Å²) in [7, 11) is 0. The molecule has 0 aromatic carbocycles. The molecule has 1 fully saturated rings. The minimum Gasteiger partial charge on any atom is -0.355 e. The molecule has 0 radical (unpaired) electrons. The molecule has 21 heavy (non-hydrogen) atoms. The maximum absolute atomic E-state index is 12.8. The fourth-order valence-corrected chi connectivity index (χ4v) is 3.00. The summed E-state index contributed by atoms with van der Waals surface area (Å²) in [5.74, 6) is -0.202. The third kappa shape index (κ3) is 3.47. The molecular formula is C14H21BrN4O2. The van der Waals surface area contributed by atoms with Crippen molar-refractivity contribution in [3.8, 4) is 0 Å². The highest BCUT2D eigenvalue weighted by molar-refractivity contribution is 9.10. The molecule has 0 bridgehead atoms. The van der Waals surface area contributed by atoms with Crippen molar-refractivity contribution in [1.82, 2.24) is 20.1 Å². The number of amides is 2. The van der Waals surface area contributed by atoms with Gasteiger partial charge in [0.05, 0.1) is 0 Å². The van der Waals surface area contributed by atoms with Gasteiger partial charge < -0.3 is 20.1 Å². The minimum atomic E-state index is -0.454. The molecule has 6 nitrogen and oxygen atoms in total. The van der Waals surface area contributed by atoms with Gasteiger partial charge in [-0.15, -0.1) is 0 Å². The summed E-state index contributed by atoms with van der Waals surface area (Å²) in [4.78, 5) is 26.6. The summed E-state index contributed by atoms with van der Waals surface area (Å²) in [6.07, 6.45) is 1.89. The van der Waals surface area contributed by atoms with Crippen LogP contribution in [0.2, 0.25) is 0 Å². The number of nitrogens with zero attached hydrogens (tertiary/aromatic N) is 2. The maximum Gasteiger partial charge on any atom is 0.271 e. The number of aryl methyl sites for hydroxylation is 1. The van der Waals surface area contributed by atoms with Crippen LogP contribution in [0.1, 0.15) is 24.3 Å². The molecule has 7 heteroatoms. The van der Waals surface area contributed by atoms with E-state index in [1.54, 1.807) is 4.90 Å². The molecule has 1 aromatic rings. The topological polar surface area (TPSA) is 66.4 Å². The van der Waals surface area contributed by atoms with Gasteiger partial charge in [-0.25, -0.2) is 0 Å². The molecule has 2 amide bonds. The maximum atomic E-state index is 12.8. The van der Waals surface area contributed by atoms with E-state index in [1.165, 1.54) is 0 Å². The van der Waals surface area contributed by atoms with Crippen LogP contribution in [-0.2, 0) is 11.3 Å². The molecule has 1 aliphatic rings. The van der Waals surface area contributed by atoms with Crippen molar-refractivity contribution in [3.05, 3.63) is 22.4 Å². The van der Waals surface area contributed by atoms with Crippen LogP contribution in [0.15, 0.2) is 16.7 Å². The van der Waals surface area contributed by atoms with Crippen molar-refractivity contribution in [3.63, 3.8) is 0 Å². The molecule has 1 aromatic heterocycles. The van der Waals surface area contributed by atoms with Gasteiger partial charge in [-0.2, -0.15) is 0 Å². The second kappa shape index (κ2) is 7.09. The number of piperazine rings is 1. The second-order valence-corrected chi connectivity index (χ2v) is 5.86. The Bertz CT molecular complexity index is 529. The summed E-state index contributed by atoms with van der Waals surface area (Å²) in [6.45, 7) is 6.87. The quantitative estimate of drug-likeness (QED) is 0.839. The third-order valence-corrected chi connectivity index (χ3v) is 4.01. The smallest absolute Gasteiger partial charge is 0.271 e. The average molecular weight is 357 g/mol. The van der Waals surface area contributed by atoms with Gasteiger partial charge >= 0.3 is 0 Å². The molecule has 116 valence electrons. The van der Waals surface area contributed by atoms with Crippen LogP contribution in [0.3, 0.4) is 0 Å². The van der Waals surface area contributed by atoms with Crippen LogP contribution >= 0.6 is 15.9 Å². The second-order valence-electron chi connectivity index (χ2n) is 4.94. The Morgan fingerprint density at radius 1 is 1.48 bits per heavy atom. The summed E-state index contributed by atoms with van der Waals surface area (Å²) in [5, 5.41) is 5.97. The molecule has 1 aliphatic heterocycles. The number of hydrogen-bond acceptors (Lipinski definition) is 3. The number of halogens is 1. The van der Waals surface area contributed by atoms with Crippen molar-refractivity contribution < 1.29 is 9.59 Å². The first-order chi connectivity index (χ1) is 10.1. The molecule has 0 spiro atoms. The molecule has 2 N–H and O–H groups in total. The van der Waals surface area contributed by atoms with E-state index >= 15 is 0 Å². The Balaban J connectivity index is 2.24. The van der Waals surface area contributed by atoms with Crippen molar-refractivity contribution in [1.29, 1.82) is 0 Å². The molecule has 1 unspecified atom stereocenters. The predicted molar refractivity (Wildman–Crippen MR) is 84.2 cm³/mol. The van der Waals surface area contributed by atoms with Crippen LogP contribution < -0.4 is 10.6 Å². The van der Waals surface area contributed by atoms with E-state index in [0.717, 1.165) is 4.47 Å². The van der Waals surface area contributed by atoms with E-state index in [4.69, 9.17) is 0 Å².